The molecule has 25 heavy (non-hydrogen) atoms. The Morgan fingerprint density at radius 3 is 2.64 bits per heavy atom. The van der Waals surface area contributed by atoms with Gasteiger partial charge >= 0.3 is 5.97 Å². The average Bonchev–Trinajstić information content (AvgIpc) is 2.58. The molecule has 0 fully saturated rings. The Kier molecular flexibility index (Phi) is 6.61. The number of halogens is 2. The first-order valence-electron chi connectivity index (χ1n) is 7.40. The Bertz CT molecular complexity index is 849. The van der Waals surface area contributed by atoms with Crippen molar-refractivity contribution in [1.82, 2.24) is 9.88 Å². The fourth-order valence-electron chi connectivity index (χ4n) is 2.17. The molecule has 2 rings (SSSR count). The Morgan fingerprint density at radius 1 is 1.20 bits per heavy atom. The van der Waals surface area contributed by atoms with E-state index in [1.54, 1.807) is 18.2 Å². The van der Waals surface area contributed by atoms with Crippen LogP contribution in [0.3, 0.4) is 0 Å². The van der Waals surface area contributed by atoms with Crippen molar-refractivity contribution in [2.24, 2.45) is 0 Å². The van der Waals surface area contributed by atoms with Gasteiger partial charge in [0.25, 0.3) is 5.56 Å². The van der Waals surface area contributed by atoms with Crippen molar-refractivity contribution >= 4 is 35.1 Å². The largest absolute Gasteiger partial charge is 0.465 e. The minimum Gasteiger partial charge on any atom is -0.465 e. The van der Waals surface area contributed by atoms with Crippen molar-refractivity contribution in [3.05, 3.63) is 68.1 Å². The van der Waals surface area contributed by atoms with E-state index in [1.165, 1.54) is 25.4 Å². The molecule has 1 N–H and O–H groups in total. The van der Waals surface area contributed by atoms with E-state index < -0.39 is 5.97 Å². The minimum absolute atomic E-state index is 0.196. The first kappa shape index (κ1) is 19.0. The lowest BCUT2D eigenvalue weighted by Gasteiger charge is -2.09. The minimum atomic E-state index is -0.577. The van der Waals surface area contributed by atoms with Crippen LogP contribution in [0.4, 0.5) is 0 Å². The molecule has 1 amide bonds. The smallest absolute Gasteiger partial charge is 0.339 e. The molecule has 0 unspecified atom stereocenters. The molecule has 0 bridgehead atoms. The first-order chi connectivity index (χ1) is 11.9. The number of nitrogens with zero attached hydrogens (tertiary/aromatic N) is 1. The van der Waals surface area contributed by atoms with Gasteiger partial charge in [-0.3, -0.25) is 9.59 Å². The number of hydrogen-bond donors (Lipinski definition) is 1. The van der Waals surface area contributed by atoms with Crippen LogP contribution >= 0.6 is 23.2 Å². The van der Waals surface area contributed by atoms with Gasteiger partial charge in [0.05, 0.1) is 12.7 Å². The van der Waals surface area contributed by atoms with Crippen LogP contribution in [0.25, 0.3) is 0 Å². The van der Waals surface area contributed by atoms with Gasteiger partial charge in [-0.15, -0.1) is 0 Å². The molecule has 8 heteroatoms. The summed E-state index contributed by atoms with van der Waals surface area (Å²) in [5, 5.41) is 3.78. The van der Waals surface area contributed by atoms with Crippen LogP contribution < -0.4 is 10.9 Å². The summed E-state index contributed by atoms with van der Waals surface area (Å²) in [4.78, 5) is 35.3. The zero-order valence-electron chi connectivity index (χ0n) is 13.4. The predicted octanol–water partition coefficient (Wildman–Crippen LogP) is 2.30. The highest BCUT2D eigenvalue weighted by Gasteiger charge is 2.10. The third-order valence-corrected chi connectivity index (χ3v) is 4.04. The van der Waals surface area contributed by atoms with Gasteiger partial charge in [0.1, 0.15) is 6.54 Å². The van der Waals surface area contributed by atoms with Crippen LogP contribution in [0.1, 0.15) is 15.9 Å². The molecule has 132 valence electrons. The molecule has 0 aliphatic rings. The lowest BCUT2D eigenvalue weighted by atomic mass is 10.1. The summed E-state index contributed by atoms with van der Waals surface area (Å²) in [6.07, 6.45) is 1.82. The number of rotatable bonds is 6. The summed E-state index contributed by atoms with van der Waals surface area (Å²) in [5.74, 6) is -0.930. The number of carbonyl (C=O) groups is 2. The summed E-state index contributed by atoms with van der Waals surface area (Å²) < 4.78 is 5.74. The number of pyridine rings is 1. The van der Waals surface area contributed by atoms with Crippen LogP contribution in [-0.2, 0) is 22.5 Å². The molecule has 0 radical (unpaired) electrons. The van der Waals surface area contributed by atoms with Crippen LogP contribution in [0.5, 0.6) is 0 Å². The highest BCUT2D eigenvalue weighted by molar-refractivity contribution is 6.35. The Labute approximate surface area is 154 Å². The summed E-state index contributed by atoms with van der Waals surface area (Å²) in [6.45, 7) is 0.156. The maximum Gasteiger partial charge on any atom is 0.339 e. The van der Waals surface area contributed by atoms with Crippen molar-refractivity contribution in [2.45, 2.75) is 13.0 Å². The van der Waals surface area contributed by atoms with Crippen molar-refractivity contribution in [2.75, 3.05) is 13.7 Å². The Morgan fingerprint density at radius 2 is 1.96 bits per heavy atom. The second-order valence-electron chi connectivity index (χ2n) is 5.21. The van der Waals surface area contributed by atoms with Gasteiger partial charge < -0.3 is 14.6 Å². The van der Waals surface area contributed by atoms with Crippen molar-refractivity contribution < 1.29 is 14.3 Å². The quantitative estimate of drug-likeness (QED) is 0.777. The number of benzene rings is 1. The lowest BCUT2D eigenvalue weighted by Crippen LogP contribution is -2.33. The molecular formula is C17H16Cl2N2O4. The van der Waals surface area contributed by atoms with Gasteiger partial charge in [0, 0.05) is 28.9 Å². The van der Waals surface area contributed by atoms with E-state index in [2.05, 4.69) is 10.1 Å². The number of amides is 1. The molecule has 0 aliphatic carbocycles. The van der Waals surface area contributed by atoms with Crippen LogP contribution in [-0.4, -0.2) is 30.1 Å². The average molecular weight is 383 g/mol. The normalized spacial score (nSPS) is 10.4. The summed E-state index contributed by atoms with van der Waals surface area (Å²) >= 11 is 11.9. The lowest BCUT2D eigenvalue weighted by molar-refractivity contribution is -0.121. The Balaban J connectivity index is 1.94. The van der Waals surface area contributed by atoms with Crippen molar-refractivity contribution in [3.8, 4) is 0 Å². The SMILES string of the molecule is COC(=O)c1ccc(=O)n(CC(=O)NCCc2ccc(Cl)cc2Cl)c1. The number of esters is 1. The van der Waals surface area contributed by atoms with E-state index in [-0.39, 0.29) is 23.6 Å². The highest BCUT2D eigenvalue weighted by Crippen LogP contribution is 2.20. The number of aromatic nitrogens is 1. The van der Waals surface area contributed by atoms with E-state index in [9.17, 15) is 14.4 Å². The molecule has 2 aromatic rings. The van der Waals surface area contributed by atoms with Crippen LogP contribution in [0.2, 0.25) is 10.0 Å². The van der Waals surface area contributed by atoms with Gasteiger partial charge in [-0.25, -0.2) is 4.79 Å². The van der Waals surface area contributed by atoms with E-state index >= 15 is 0 Å². The first-order valence-corrected chi connectivity index (χ1v) is 8.15. The van der Waals surface area contributed by atoms with Gasteiger partial charge in [-0.05, 0) is 30.2 Å². The molecule has 0 atom stereocenters. The number of methoxy groups -OCH3 is 1. The molecule has 6 nitrogen and oxygen atoms in total. The van der Waals surface area contributed by atoms with Gasteiger partial charge in [-0.1, -0.05) is 29.3 Å². The standard InChI is InChI=1S/C17H16Cl2N2O4/c1-25-17(24)12-3-5-16(23)21(9-12)10-15(22)20-7-6-11-2-4-13(18)8-14(11)19/h2-5,8-9H,6-7,10H2,1H3,(H,20,22). The van der Waals surface area contributed by atoms with Crippen molar-refractivity contribution in [1.29, 1.82) is 0 Å². The number of carbonyl (C=O) groups excluding carboxylic acids is 2. The van der Waals surface area contributed by atoms with Crippen LogP contribution in [0.15, 0.2) is 41.3 Å². The van der Waals surface area contributed by atoms with E-state index in [0.717, 1.165) is 10.1 Å². The maximum absolute atomic E-state index is 12.0. The molecule has 1 heterocycles. The van der Waals surface area contributed by atoms with Gasteiger partial charge in [0.2, 0.25) is 5.91 Å². The second-order valence-corrected chi connectivity index (χ2v) is 6.05. The van der Waals surface area contributed by atoms with Gasteiger partial charge in [-0.2, -0.15) is 0 Å². The molecule has 1 aromatic carbocycles. The zero-order valence-corrected chi connectivity index (χ0v) is 14.9. The Hall–Kier alpha value is -2.31. The monoisotopic (exact) mass is 382 g/mol. The fraction of sp³-hybridized carbons (Fsp3) is 0.235. The molecule has 0 saturated heterocycles. The zero-order chi connectivity index (χ0) is 18.4. The third-order valence-electron chi connectivity index (χ3n) is 3.45. The maximum atomic E-state index is 12.0. The molecule has 1 aromatic heterocycles. The van der Waals surface area contributed by atoms with E-state index in [4.69, 9.17) is 23.2 Å². The number of hydrogen-bond acceptors (Lipinski definition) is 4. The predicted molar refractivity (Wildman–Crippen MR) is 95.2 cm³/mol. The summed E-state index contributed by atoms with van der Waals surface area (Å²) in [7, 11) is 1.24. The van der Waals surface area contributed by atoms with E-state index in [1.807, 2.05) is 0 Å². The molecule has 0 aliphatic heterocycles. The van der Waals surface area contributed by atoms with Crippen molar-refractivity contribution in [3.63, 3.8) is 0 Å². The third kappa shape index (κ3) is 5.34. The molecule has 0 saturated carbocycles. The van der Waals surface area contributed by atoms with Crippen LogP contribution in [0, 0.1) is 0 Å². The number of nitrogens with one attached hydrogen (secondary N) is 1. The topological polar surface area (TPSA) is 77.4 Å². The van der Waals surface area contributed by atoms with E-state index in [0.29, 0.717) is 23.0 Å². The van der Waals surface area contributed by atoms with Gasteiger partial charge in [0.15, 0.2) is 0 Å². The summed E-state index contributed by atoms with van der Waals surface area (Å²) in [5.41, 5.74) is 0.669. The second kappa shape index (κ2) is 8.69. The number of ether oxygens (including phenoxy) is 1. The summed E-state index contributed by atoms with van der Waals surface area (Å²) in [6, 6.07) is 7.72. The fourth-order valence-corrected chi connectivity index (χ4v) is 2.67. The molecular weight excluding hydrogens is 367 g/mol. The highest BCUT2D eigenvalue weighted by atomic mass is 35.5. The molecule has 0 spiro atoms.